The van der Waals surface area contributed by atoms with E-state index < -0.39 is 0 Å². The first-order valence-corrected chi connectivity index (χ1v) is 7.42. The fourth-order valence-electron chi connectivity index (χ4n) is 3.77. The van der Waals surface area contributed by atoms with Gasteiger partial charge in [0, 0.05) is 5.56 Å². The zero-order valence-electron chi connectivity index (χ0n) is 11.8. The predicted molar refractivity (Wildman–Crippen MR) is 93.0 cm³/mol. The molecule has 0 fully saturated rings. The molecule has 0 saturated carbocycles. The molecule has 5 aromatic rings. The lowest BCUT2D eigenvalue weighted by molar-refractivity contribution is 0.112. The van der Waals surface area contributed by atoms with E-state index in [1.807, 2.05) is 18.2 Å². The molecule has 1 heteroatoms. The second-order valence-electron chi connectivity index (χ2n) is 5.76. The summed E-state index contributed by atoms with van der Waals surface area (Å²) in [4.78, 5) is 11.4. The Morgan fingerprint density at radius 3 is 1.77 bits per heavy atom. The van der Waals surface area contributed by atoms with E-state index in [9.17, 15) is 4.79 Å². The van der Waals surface area contributed by atoms with Crippen LogP contribution in [-0.2, 0) is 0 Å². The molecule has 0 atom stereocenters. The topological polar surface area (TPSA) is 17.1 Å². The second-order valence-corrected chi connectivity index (χ2v) is 5.76. The molecule has 0 radical (unpaired) electrons. The van der Waals surface area contributed by atoms with Crippen molar-refractivity contribution in [1.29, 1.82) is 0 Å². The minimum absolute atomic E-state index is 0.757. The molecule has 102 valence electrons. The van der Waals surface area contributed by atoms with E-state index in [1.54, 1.807) is 0 Å². The second kappa shape index (κ2) is 4.05. The minimum atomic E-state index is 0.757. The van der Waals surface area contributed by atoms with Gasteiger partial charge in [-0.2, -0.15) is 0 Å². The molecule has 0 N–H and O–H groups in total. The molecule has 1 nitrogen and oxygen atoms in total. The first-order valence-electron chi connectivity index (χ1n) is 7.42. The van der Waals surface area contributed by atoms with E-state index in [0.29, 0.717) is 0 Å². The zero-order valence-corrected chi connectivity index (χ0v) is 11.8. The van der Waals surface area contributed by atoms with Crippen molar-refractivity contribution in [2.45, 2.75) is 0 Å². The standard InChI is InChI=1S/C21H12O/c22-12-14-10-11-19-17-8-2-5-13-4-1-7-16(20(13)17)18-9-3-6-15(14)21(18)19/h1-12H. The fraction of sp³-hybridized carbons (Fsp3) is 0. The molecular formula is C21H12O. The van der Waals surface area contributed by atoms with Gasteiger partial charge in [-0.1, -0.05) is 66.7 Å². The Hall–Kier alpha value is -2.93. The maximum Gasteiger partial charge on any atom is 0.150 e. The molecule has 0 heterocycles. The lowest BCUT2D eigenvalue weighted by Crippen LogP contribution is -1.89. The highest BCUT2D eigenvalue weighted by molar-refractivity contribution is 6.33. The lowest BCUT2D eigenvalue weighted by atomic mass is 9.88. The van der Waals surface area contributed by atoms with Gasteiger partial charge in [-0.05, 0) is 43.1 Å². The SMILES string of the molecule is O=Cc1ccc2c3cccc4cccc(c5cccc1c52)c43. The molecule has 0 amide bonds. The van der Waals surface area contributed by atoms with Crippen LogP contribution in [0.2, 0.25) is 0 Å². The van der Waals surface area contributed by atoms with Crippen molar-refractivity contribution < 1.29 is 4.79 Å². The molecule has 0 spiro atoms. The van der Waals surface area contributed by atoms with Crippen LogP contribution in [0.3, 0.4) is 0 Å². The minimum Gasteiger partial charge on any atom is -0.298 e. The molecule has 0 bridgehead atoms. The third kappa shape index (κ3) is 1.31. The number of aldehydes is 1. The van der Waals surface area contributed by atoms with Crippen molar-refractivity contribution in [1.82, 2.24) is 0 Å². The van der Waals surface area contributed by atoms with Crippen LogP contribution in [0, 0.1) is 0 Å². The highest BCUT2D eigenvalue weighted by Crippen LogP contribution is 2.40. The van der Waals surface area contributed by atoms with E-state index in [2.05, 4.69) is 48.5 Å². The van der Waals surface area contributed by atoms with Gasteiger partial charge in [-0.3, -0.25) is 4.79 Å². The number of rotatable bonds is 1. The summed E-state index contributed by atoms with van der Waals surface area (Å²) in [6, 6.07) is 23.1. The van der Waals surface area contributed by atoms with E-state index in [1.165, 1.54) is 37.7 Å². The quantitative estimate of drug-likeness (QED) is 0.223. The van der Waals surface area contributed by atoms with Crippen LogP contribution < -0.4 is 0 Å². The van der Waals surface area contributed by atoms with Gasteiger partial charge in [0.1, 0.15) is 0 Å². The molecular weight excluding hydrogens is 268 g/mol. The van der Waals surface area contributed by atoms with Crippen molar-refractivity contribution in [2.75, 3.05) is 0 Å². The maximum atomic E-state index is 11.4. The van der Waals surface area contributed by atoms with Gasteiger partial charge < -0.3 is 0 Å². The third-order valence-electron chi connectivity index (χ3n) is 4.69. The molecule has 0 aromatic heterocycles. The summed E-state index contributed by atoms with van der Waals surface area (Å²) < 4.78 is 0. The number of carbonyl (C=O) groups excluding carboxylic acids is 1. The van der Waals surface area contributed by atoms with Crippen LogP contribution in [0.25, 0.3) is 43.1 Å². The number of hydrogen-bond acceptors (Lipinski definition) is 1. The summed E-state index contributed by atoms with van der Waals surface area (Å²) in [6.07, 6.45) is 0.948. The van der Waals surface area contributed by atoms with Gasteiger partial charge in [0.25, 0.3) is 0 Å². The number of carbonyl (C=O) groups is 1. The Kier molecular flexibility index (Phi) is 2.15. The van der Waals surface area contributed by atoms with Crippen LogP contribution in [0.15, 0.2) is 66.7 Å². The summed E-state index contributed by atoms with van der Waals surface area (Å²) in [5, 5.41) is 9.76. The number of hydrogen-bond donors (Lipinski definition) is 0. The fourth-order valence-corrected chi connectivity index (χ4v) is 3.77. The Bertz CT molecular complexity index is 1130. The Labute approximate surface area is 127 Å². The largest absolute Gasteiger partial charge is 0.298 e. The molecule has 5 aromatic carbocycles. The molecule has 5 rings (SSSR count). The molecule has 0 saturated heterocycles. The van der Waals surface area contributed by atoms with Crippen molar-refractivity contribution in [2.24, 2.45) is 0 Å². The van der Waals surface area contributed by atoms with E-state index >= 15 is 0 Å². The zero-order chi connectivity index (χ0) is 14.7. The van der Waals surface area contributed by atoms with Gasteiger partial charge in [0.15, 0.2) is 6.29 Å². The van der Waals surface area contributed by atoms with E-state index in [0.717, 1.165) is 17.2 Å². The van der Waals surface area contributed by atoms with Gasteiger partial charge in [0.2, 0.25) is 0 Å². The number of benzene rings is 5. The molecule has 0 aliphatic rings. The number of fused-ring (bicyclic) bond motifs is 2. The molecule has 0 aliphatic carbocycles. The van der Waals surface area contributed by atoms with Crippen molar-refractivity contribution in [3.05, 3.63) is 72.3 Å². The van der Waals surface area contributed by atoms with Crippen molar-refractivity contribution >= 4 is 49.4 Å². The summed E-state index contributed by atoms with van der Waals surface area (Å²) in [5.74, 6) is 0. The summed E-state index contributed by atoms with van der Waals surface area (Å²) in [6.45, 7) is 0. The van der Waals surface area contributed by atoms with Crippen LogP contribution >= 0.6 is 0 Å². The maximum absolute atomic E-state index is 11.4. The highest BCUT2D eigenvalue weighted by Gasteiger charge is 2.13. The summed E-state index contributed by atoms with van der Waals surface area (Å²) in [5.41, 5.74) is 0.757. The average Bonchev–Trinajstić information content (AvgIpc) is 2.59. The van der Waals surface area contributed by atoms with E-state index in [4.69, 9.17) is 0 Å². The van der Waals surface area contributed by atoms with Gasteiger partial charge in [0.05, 0.1) is 0 Å². The van der Waals surface area contributed by atoms with Gasteiger partial charge in [-0.25, -0.2) is 0 Å². The Morgan fingerprint density at radius 2 is 1.09 bits per heavy atom. The summed E-state index contributed by atoms with van der Waals surface area (Å²) in [7, 11) is 0. The first kappa shape index (κ1) is 11.7. The lowest BCUT2D eigenvalue weighted by Gasteiger charge is -2.14. The molecule has 0 unspecified atom stereocenters. The van der Waals surface area contributed by atoms with Crippen molar-refractivity contribution in [3.8, 4) is 0 Å². The Balaban J connectivity index is 2.25. The third-order valence-corrected chi connectivity index (χ3v) is 4.69. The average molecular weight is 280 g/mol. The molecule has 22 heavy (non-hydrogen) atoms. The van der Waals surface area contributed by atoms with Crippen LogP contribution in [0.4, 0.5) is 0 Å². The van der Waals surface area contributed by atoms with Gasteiger partial charge in [-0.15, -0.1) is 0 Å². The predicted octanol–water partition coefficient (Wildman–Crippen LogP) is 5.55. The van der Waals surface area contributed by atoms with E-state index in [-0.39, 0.29) is 0 Å². The van der Waals surface area contributed by atoms with Gasteiger partial charge >= 0.3 is 0 Å². The first-order chi connectivity index (χ1) is 10.9. The molecule has 0 aliphatic heterocycles. The smallest absolute Gasteiger partial charge is 0.150 e. The summed E-state index contributed by atoms with van der Waals surface area (Å²) >= 11 is 0. The highest BCUT2D eigenvalue weighted by atomic mass is 16.1. The van der Waals surface area contributed by atoms with Crippen molar-refractivity contribution in [3.63, 3.8) is 0 Å². The normalized spacial score (nSPS) is 11.8. The van der Waals surface area contributed by atoms with Crippen LogP contribution in [0.1, 0.15) is 10.4 Å². The monoisotopic (exact) mass is 280 g/mol. The van der Waals surface area contributed by atoms with Crippen LogP contribution in [0.5, 0.6) is 0 Å². The Morgan fingerprint density at radius 1 is 0.545 bits per heavy atom. The van der Waals surface area contributed by atoms with Crippen LogP contribution in [-0.4, -0.2) is 6.29 Å².